The number of unbranched alkanes of at least 4 members (excludes halogenated alkanes) is 7. The standard InChI is InChI=1S/C21H48NO2Si.ClH/c1-7-11-13-15-16-18-21(23-9-3,24-10-4)25-20-22(5,6)19-17-14-12-8-2;/h7-20,25H2,1-6H3;1H/q+1;/p-1. The molecular weight excluding hydrogens is 362 g/mol. The highest BCUT2D eigenvalue weighted by molar-refractivity contribution is 6.38. The molecular formula is C21H48ClNO2Si. The number of nitrogens with zero attached hydrogens (tertiary/aromatic N) is 1. The van der Waals surface area contributed by atoms with E-state index in [2.05, 4.69) is 41.8 Å². The topological polar surface area (TPSA) is 18.5 Å². The summed E-state index contributed by atoms with van der Waals surface area (Å²) in [6.45, 7) is 11.6. The van der Waals surface area contributed by atoms with Crippen molar-refractivity contribution in [1.29, 1.82) is 0 Å². The van der Waals surface area contributed by atoms with E-state index in [9.17, 15) is 0 Å². The largest absolute Gasteiger partial charge is 1.00 e. The second kappa shape index (κ2) is 17.5. The maximum Gasteiger partial charge on any atom is 0.159 e. The molecule has 0 heterocycles. The van der Waals surface area contributed by atoms with Crippen molar-refractivity contribution < 1.29 is 26.4 Å². The van der Waals surface area contributed by atoms with Crippen LogP contribution in [0.4, 0.5) is 0 Å². The van der Waals surface area contributed by atoms with Crippen molar-refractivity contribution in [3.8, 4) is 0 Å². The Balaban J connectivity index is 0. The van der Waals surface area contributed by atoms with E-state index in [0.717, 1.165) is 24.1 Å². The van der Waals surface area contributed by atoms with Gasteiger partial charge in [-0.3, -0.25) is 0 Å². The molecule has 0 saturated carbocycles. The number of hydrogen-bond acceptors (Lipinski definition) is 2. The van der Waals surface area contributed by atoms with Crippen molar-refractivity contribution in [2.24, 2.45) is 0 Å². The first-order chi connectivity index (χ1) is 11.9. The van der Waals surface area contributed by atoms with Gasteiger partial charge >= 0.3 is 0 Å². The van der Waals surface area contributed by atoms with E-state index in [1.807, 2.05) is 0 Å². The fourth-order valence-electron chi connectivity index (χ4n) is 3.53. The molecule has 0 aliphatic carbocycles. The van der Waals surface area contributed by atoms with Crippen LogP contribution in [0.1, 0.15) is 91.9 Å². The average Bonchev–Trinajstić information content (AvgIpc) is 2.57. The number of quaternary nitrogens is 1. The molecule has 160 valence electrons. The van der Waals surface area contributed by atoms with Gasteiger partial charge in [-0.2, -0.15) is 0 Å². The molecule has 0 rings (SSSR count). The molecule has 0 aliphatic heterocycles. The molecule has 0 fully saturated rings. The van der Waals surface area contributed by atoms with Crippen LogP contribution in [-0.4, -0.2) is 59.4 Å². The van der Waals surface area contributed by atoms with Crippen molar-refractivity contribution in [2.45, 2.75) is 97.3 Å². The highest BCUT2D eigenvalue weighted by Crippen LogP contribution is 2.22. The summed E-state index contributed by atoms with van der Waals surface area (Å²) in [5, 5.41) is 0. The second-order valence-corrected chi connectivity index (χ2v) is 10.2. The van der Waals surface area contributed by atoms with E-state index in [4.69, 9.17) is 9.47 Å². The summed E-state index contributed by atoms with van der Waals surface area (Å²) in [6, 6.07) is 0. The van der Waals surface area contributed by atoms with Crippen LogP contribution >= 0.6 is 0 Å². The lowest BCUT2D eigenvalue weighted by Crippen LogP contribution is -3.00. The lowest BCUT2D eigenvalue weighted by atomic mass is 10.1. The van der Waals surface area contributed by atoms with Crippen LogP contribution in [0.2, 0.25) is 0 Å². The van der Waals surface area contributed by atoms with Crippen molar-refractivity contribution in [3.63, 3.8) is 0 Å². The Hall–Kier alpha value is 0.387. The Morgan fingerprint density at radius 3 is 1.73 bits per heavy atom. The molecule has 0 aromatic rings. The fourth-order valence-corrected chi connectivity index (χ4v) is 5.90. The van der Waals surface area contributed by atoms with Crippen LogP contribution in [0, 0.1) is 0 Å². The van der Waals surface area contributed by atoms with E-state index in [1.54, 1.807) is 0 Å². The van der Waals surface area contributed by atoms with Crippen molar-refractivity contribution in [1.82, 2.24) is 0 Å². The van der Waals surface area contributed by atoms with Crippen LogP contribution in [-0.2, 0) is 9.47 Å². The van der Waals surface area contributed by atoms with Gasteiger partial charge < -0.3 is 26.4 Å². The summed E-state index contributed by atoms with van der Waals surface area (Å²) in [6.07, 6.45) is 14.4. The minimum Gasteiger partial charge on any atom is -1.00 e. The van der Waals surface area contributed by atoms with Gasteiger partial charge in [0.2, 0.25) is 0 Å². The molecule has 0 aromatic heterocycles. The summed E-state index contributed by atoms with van der Waals surface area (Å²) in [5.74, 6) is 0. The van der Waals surface area contributed by atoms with Crippen LogP contribution in [0.15, 0.2) is 0 Å². The number of hydrogen-bond donors (Lipinski definition) is 0. The summed E-state index contributed by atoms with van der Waals surface area (Å²) in [7, 11) is 4.32. The molecule has 0 aliphatic rings. The third kappa shape index (κ3) is 14.4. The minimum absolute atomic E-state index is 0. The third-order valence-corrected chi connectivity index (χ3v) is 8.15. The summed E-state index contributed by atoms with van der Waals surface area (Å²) in [4.78, 5) is 0. The SMILES string of the molecule is CCCCCCCC(OCC)(OCC)[SiH2]C[N+](C)(C)CCCCCC.[Cl-]. The minimum atomic E-state index is -0.459. The molecule has 0 radical (unpaired) electrons. The molecule has 0 unspecified atom stereocenters. The van der Waals surface area contributed by atoms with Crippen LogP contribution in [0.5, 0.6) is 0 Å². The van der Waals surface area contributed by atoms with Crippen molar-refractivity contribution >= 4 is 9.52 Å². The van der Waals surface area contributed by atoms with Gasteiger partial charge in [-0.05, 0) is 39.5 Å². The normalized spacial score (nSPS) is 12.7. The van der Waals surface area contributed by atoms with Crippen LogP contribution in [0.3, 0.4) is 0 Å². The van der Waals surface area contributed by atoms with E-state index in [1.165, 1.54) is 70.5 Å². The zero-order chi connectivity index (χ0) is 19.0. The number of rotatable bonds is 18. The number of halogens is 1. The summed E-state index contributed by atoms with van der Waals surface area (Å²) in [5.41, 5.74) is -0.228. The molecule has 3 nitrogen and oxygen atoms in total. The van der Waals surface area contributed by atoms with Gasteiger partial charge in [-0.15, -0.1) is 0 Å². The predicted octanol–water partition coefficient (Wildman–Crippen LogP) is 1.86. The zero-order valence-corrected chi connectivity index (χ0v) is 20.9. The van der Waals surface area contributed by atoms with E-state index < -0.39 is 9.52 Å². The second-order valence-electron chi connectivity index (χ2n) is 8.13. The molecule has 0 amide bonds. The van der Waals surface area contributed by atoms with Gasteiger partial charge in [-0.1, -0.05) is 52.4 Å². The zero-order valence-electron chi connectivity index (χ0n) is 18.7. The average molecular weight is 410 g/mol. The van der Waals surface area contributed by atoms with Gasteiger partial charge in [0.25, 0.3) is 0 Å². The number of ether oxygens (including phenoxy) is 2. The molecule has 0 atom stereocenters. The molecule has 26 heavy (non-hydrogen) atoms. The van der Waals surface area contributed by atoms with Gasteiger partial charge in [0, 0.05) is 13.2 Å². The van der Waals surface area contributed by atoms with Crippen LogP contribution < -0.4 is 12.4 Å². The van der Waals surface area contributed by atoms with E-state index in [0.29, 0.717) is 0 Å². The smallest absolute Gasteiger partial charge is 0.159 e. The molecule has 0 bridgehead atoms. The van der Waals surface area contributed by atoms with Crippen molar-refractivity contribution in [3.05, 3.63) is 0 Å². The van der Waals surface area contributed by atoms with E-state index in [-0.39, 0.29) is 17.8 Å². The van der Waals surface area contributed by atoms with Crippen molar-refractivity contribution in [2.75, 3.05) is 40.0 Å². The summed E-state index contributed by atoms with van der Waals surface area (Å²) < 4.78 is 13.6. The third-order valence-electron chi connectivity index (χ3n) is 5.19. The lowest BCUT2D eigenvalue weighted by Gasteiger charge is -2.37. The molecule has 0 aromatic carbocycles. The molecule has 0 saturated heterocycles. The molecule has 0 spiro atoms. The predicted molar refractivity (Wildman–Crippen MR) is 114 cm³/mol. The van der Waals surface area contributed by atoms with Gasteiger partial charge in [-0.25, -0.2) is 0 Å². The lowest BCUT2D eigenvalue weighted by molar-refractivity contribution is -0.880. The Morgan fingerprint density at radius 2 is 1.23 bits per heavy atom. The quantitative estimate of drug-likeness (QED) is 0.149. The molecule has 0 N–H and O–H groups in total. The first kappa shape index (κ1) is 28.6. The maximum atomic E-state index is 6.24. The highest BCUT2D eigenvalue weighted by atomic mass is 35.5. The maximum absolute atomic E-state index is 6.24. The fraction of sp³-hybridized carbons (Fsp3) is 1.00. The summed E-state index contributed by atoms with van der Waals surface area (Å²) >= 11 is 0. The first-order valence-electron chi connectivity index (χ1n) is 11.0. The Kier molecular flexibility index (Phi) is 19.2. The Bertz CT molecular complexity index is 298. The Labute approximate surface area is 173 Å². The first-order valence-corrected chi connectivity index (χ1v) is 12.8. The highest BCUT2D eigenvalue weighted by Gasteiger charge is 2.34. The van der Waals surface area contributed by atoms with Gasteiger partial charge in [0.05, 0.1) is 26.8 Å². The Morgan fingerprint density at radius 1 is 0.731 bits per heavy atom. The van der Waals surface area contributed by atoms with Gasteiger partial charge in [0.1, 0.15) is 0 Å². The van der Waals surface area contributed by atoms with Gasteiger partial charge in [0.15, 0.2) is 14.9 Å². The van der Waals surface area contributed by atoms with E-state index >= 15 is 0 Å². The molecule has 5 heteroatoms. The monoisotopic (exact) mass is 409 g/mol. The van der Waals surface area contributed by atoms with Crippen LogP contribution in [0.25, 0.3) is 0 Å².